The van der Waals surface area contributed by atoms with Gasteiger partial charge in [-0.1, -0.05) is 0 Å². The Labute approximate surface area is 141 Å². The molecule has 23 heavy (non-hydrogen) atoms. The van der Waals surface area contributed by atoms with Crippen LogP contribution in [0.1, 0.15) is 13.3 Å². The van der Waals surface area contributed by atoms with Crippen LogP contribution in [0.5, 0.6) is 11.5 Å². The smallest absolute Gasteiger partial charge is 0.249 e. The molecule has 1 heterocycles. The number of halogens is 1. The van der Waals surface area contributed by atoms with Gasteiger partial charge in [0.2, 0.25) is 11.8 Å². The molecule has 0 radical (unpaired) electrons. The highest BCUT2D eigenvalue weighted by Crippen LogP contribution is 2.30. The number of amides is 2. The Morgan fingerprint density at radius 1 is 1.30 bits per heavy atom. The highest BCUT2D eigenvalue weighted by Gasteiger charge is 2.34. The standard InChI is InChI=1S/C15H21N3O4.ClH/c1-9(16)14(19)17-13-4-5-18(15(13)20)10-6-11(21-2)8-12(7-10)22-3;/h6-9,13H,4-5,16H2,1-3H3,(H,17,19);1H/t9-,13?;/m0./s1. The second-order valence-electron chi connectivity index (χ2n) is 5.20. The van der Waals surface area contributed by atoms with Gasteiger partial charge in [-0.15, -0.1) is 12.4 Å². The molecule has 2 atom stereocenters. The van der Waals surface area contributed by atoms with Gasteiger partial charge >= 0.3 is 0 Å². The summed E-state index contributed by atoms with van der Waals surface area (Å²) in [5.41, 5.74) is 6.19. The minimum Gasteiger partial charge on any atom is -0.497 e. The van der Waals surface area contributed by atoms with Crippen molar-refractivity contribution in [3.05, 3.63) is 18.2 Å². The van der Waals surface area contributed by atoms with Crippen molar-refractivity contribution in [3.63, 3.8) is 0 Å². The predicted molar refractivity (Wildman–Crippen MR) is 89.3 cm³/mol. The third-order valence-electron chi connectivity index (χ3n) is 3.58. The van der Waals surface area contributed by atoms with Crippen molar-refractivity contribution in [2.75, 3.05) is 25.7 Å². The zero-order valence-electron chi connectivity index (χ0n) is 13.4. The molecule has 1 aliphatic rings. The van der Waals surface area contributed by atoms with E-state index in [0.717, 1.165) is 0 Å². The molecule has 8 heteroatoms. The van der Waals surface area contributed by atoms with Gasteiger partial charge in [0.25, 0.3) is 0 Å². The van der Waals surface area contributed by atoms with Crippen molar-refractivity contribution < 1.29 is 19.1 Å². The van der Waals surface area contributed by atoms with Gasteiger partial charge in [-0.2, -0.15) is 0 Å². The Morgan fingerprint density at radius 3 is 2.35 bits per heavy atom. The van der Waals surface area contributed by atoms with Crippen LogP contribution in [0, 0.1) is 0 Å². The van der Waals surface area contributed by atoms with Gasteiger partial charge in [-0.25, -0.2) is 0 Å². The summed E-state index contributed by atoms with van der Waals surface area (Å²) in [6.07, 6.45) is 0.539. The van der Waals surface area contributed by atoms with Gasteiger partial charge < -0.3 is 25.4 Å². The average Bonchev–Trinajstić information content (AvgIpc) is 2.87. The third-order valence-corrected chi connectivity index (χ3v) is 3.58. The first-order valence-electron chi connectivity index (χ1n) is 7.06. The lowest BCUT2D eigenvalue weighted by Gasteiger charge is -2.19. The van der Waals surface area contributed by atoms with Crippen LogP contribution >= 0.6 is 12.4 Å². The highest BCUT2D eigenvalue weighted by atomic mass is 35.5. The van der Waals surface area contributed by atoms with Crippen molar-refractivity contribution >= 4 is 29.9 Å². The first-order chi connectivity index (χ1) is 10.5. The largest absolute Gasteiger partial charge is 0.497 e. The Kier molecular flexibility index (Phi) is 6.65. The maximum Gasteiger partial charge on any atom is 0.249 e. The summed E-state index contributed by atoms with van der Waals surface area (Å²) >= 11 is 0. The van der Waals surface area contributed by atoms with Gasteiger partial charge in [0.15, 0.2) is 0 Å². The molecule has 1 fully saturated rings. The first-order valence-corrected chi connectivity index (χ1v) is 7.06. The molecule has 0 aromatic heterocycles. The molecule has 2 amide bonds. The normalized spacial score (nSPS) is 18.2. The number of hydrogen-bond donors (Lipinski definition) is 2. The number of benzene rings is 1. The predicted octanol–water partition coefficient (Wildman–Crippen LogP) is 0.694. The number of anilines is 1. The minimum absolute atomic E-state index is 0. The van der Waals surface area contributed by atoms with Crippen molar-refractivity contribution in [1.82, 2.24) is 5.32 Å². The van der Waals surface area contributed by atoms with Gasteiger partial charge in [-0.05, 0) is 13.3 Å². The highest BCUT2D eigenvalue weighted by molar-refractivity contribution is 6.02. The molecular formula is C15H22ClN3O4. The number of hydrogen-bond acceptors (Lipinski definition) is 5. The van der Waals surface area contributed by atoms with Crippen molar-refractivity contribution in [2.45, 2.75) is 25.4 Å². The Morgan fingerprint density at radius 2 is 1.87 bits per heavy atom. The van der Waals surface area contributed by atoms with Crippen LogP contribution in [0.25, 0.3) is 0 Å². The number of nitrogens with one attached hydrogen (secondary N) is 1. The fourth-order valence-electron chi connectivity index (χ4n) is 2.32. The minimum atomic E-state index is -0.640. The van der Waals surface area contributed by atoms with Gasteiger partial charge in [0.1, 0.15) is 17.5 Å². The first kappa shape index (κ1) is 19.1. The maximum absolute atomic E-state index is 12.5. The fraction of sp³-hybridized carbons (Fsp3) is 0.467. The Balaban J connectivity index is 0.00000264. The molecule has 0 aliphatic carbocycles. The fourth-order valence-corrected chi connectivity index (χ4v) is 2.32. The molecule has 3 N–H and O–H groups in total. The summed E-state index contributed by atoms with van der Waals surface area (Å²) in [4.78, 5) is 25.7. The molecule has 0 spiro atoms. The SMILES string of the molecule is COc1cc(OC)cc(N2CCC(NC(=O)[C@H](C)N)C2=O)c1.Cl. The second kappa shape index (κ2) is 8.03. The van der Waals surface area contributed by atoms with E-state index in [1.165, 1.54) is 0 Å². The number of methoxy groups -OCH3 is 2. The molecule has 0 bridgehead atoms. The monoisotopic (exact) mass is 343 g/mol. The number of nitrogens with two attached hydrogens (primary N) is 1. The summed E-state index contributed by atoms with van der Waals surface area (Å²) in [7, 11) is 3.10. The van der Waals surface area contributed by atoms with E-state index in [9.17, 15) is 9.59 Å². The Bertz CT molecular complexity index is 558. The van der Waals surface area contributed by atoms with E-state index in [4.69, 9.17) is 15.2 Å². The van der Waals surface area contributed by atoms with E-state index < -0.39 is 12.1 Å². The summed E-state index contributed by atoms with van der Waals surface area (Å²) in [6.45, 7) is 2.10. The zero-order valence-corrected chi connectivity index (χ0v) is 14.2. The van der Waals surface area contributed by atoms with Crippen molar-refractivity contribution in [3.8, 4) is 11.5 Å². The third kappa shape index (κ3) is 4.27. The van der Waals surface area contributed by atoms with E-state index in [-0.39, 0.29) is 24.2 Å². The molecule has 2 rings (SSSR count). The van der Waals surface area contributed by atoms with Crippen LogP contribution in [-0.4, -0.2) is 44.7 Å². The van der Waals surface area contributed by atoms with Crippen LogP contribution in [-0.2, 0) is 9.59 Å². The van der Waals surface area contributed by atoms with E-state index in [1.54, 1.807) is 44.2 Å². The molecule has 1 aromatic carbocycles. The summed E-state index contributed by atoms with van der Waals surface area (Å²) in [6, 6.07) is 4.07. The van der Waals surface area contributed by atoms with Crippen LogP contribution in [0.2, 0.25) is 0 Å². The zero-order chi connectivity index (χ0) is 16.3. The summed E-state index contributed by atoms with van der Waals surface area (Å²) in [5, 5.41) is 2.67. The molecule has 1 aromatic rings. The number of carbonyl (C=O) groups excluding carboxylic acids is 2. The van der Waals surface area contributed by atoms with Crippen molar-refractivity contribution in [2.24, 2.45) is 5.73 Å². The van der Waals surface area contributed by atoms with Gasteiger partial charge in [0.05, 0.1) is 25.9 Å². The lowest BCUT2D eigenvalue weighted by molar-refractivity contribution is -0.127. The topological polar surface area (TPSA) is 93.9 Å². The molecule has 128 valence electrons. The van der Waals surface area contributed by atoms with Crippen LogP contribution in [0.4, 0.5) is 5.69 Å². The molecule has 0 saturated carbocycles. The van der Waals surface area contributed by atoms with E-state index in [2.05, 4.69) is 5.32 Å². The summed E-state index contributed by atoms with van der Waals surface area (Å²) < 4.78 is 10.4. The van der Waals surface area contributed by atoms with E-state index in [1.807, 2.05) is 0 Å². The molecule has 1 aliphatic heterocycles. The van der Waals surface area contributed by atoms with Gasteiger partial charge in [0, 0.05) is 24.7 Å². The quantitative estimate of drug-likeness (QED) is 0.820. The summed E-state index contributed by atoms with van der Waals surface area (Å²) in [5.74, 6) is 0.711. The van der Waals surface area contributed by atoms with Crippen molar-refractivity contribution in [1.29, 1.82) is 0 Å². The lowest BCUT2D eigenvalue weighted by Crippen LogP contribution is -2.47. The number of carbonyl (C=O) groups is 2. The molecular weight excluding hydrogens is 322 g/mol. The van der Waals surface area contributed by atoms with Crippen LogP contribution in [0.15, 0.2) is 18.2 Å². The van der Waals surface area contributed by atoms with Crippen LogP contribution in [0.3, 0.4) is 0 Å². The number of ether oxygens (including phenoxy) is 2. The van der Waals surface area contributed by atoms with E-state index >= 15 is 0 Å². The van der Waals surface area contributed by atoms with Crippen LogP contribution < -0.4 is 25.4 Å². The maximum atomic E-state index is 12.5. The molecule has 1 saturated heterocycles. The lowest BCUT2D eigenvalue weighted by atomic mass is 10.2. The average molecular weight is 344 g/mol. The number of nitrogens with zero attached hydrogens (tertiary/aromatic N) is 1. The second-order valence-corrected chi connectivity index (χ2v) is 5.20. The molecule has 7 nitrogen and oxygen atoms in total. The Hall–Kier alpha value is -1.99. The number of rotatable bonds is 5. The molecule has 1 unspecified atom stereocenters. The van der Waals surface area contributed by atoms with Gasteiger partial charge in [-0.3, -0.25) is 9.59 Å². The van der Waals surface area contributed by atoms with E-state index in [0.29, 0.717) is 30.2 Å².